The van der Waals surface area contributed by atoms with E-state index in [0.29, 0.717) is 17.3 Å². The van der Waals surface area contributed by atoms with Crippen LogP contribution in [0.4, 0.5) is 5.82 Å². The van der Waals surface area contributed by atoms with Gasteiger partial charge in [0.15, 0.2) is 0 Å². The van der Waals surface area contributed by atoms with Crippen LogP contribution >= 0.6 is 23.1 Å². The second kappa shape index (κ2) is 11.4. The Bertz CT molecular complexity index is 1600. The highest BCUT2D eigenvalue weighted by Crippen LogP contribution is 2.49. The molecule has 1 aliphatic rings. The van der Waals surface area contributed by atoms with E-state index in [1.165, 1.54) is 0 Å². The lowest BCUT2D eigenvalue weighted by molar-refractivity contribution is -0.123. The number of thioether (sulfide) groups is 1. The minimum atomic E-state index is -0.293. The fourth-order valence-corrected chi connectivity index (χ4v) is 6.87. The molecule has 2 amide bonds. The molecule has 10 heteroatoms. The number of ether oxygens (including phenoxy) is 1. The number of nitrogens with zero attached hydrogens (tertiary/aromatic N) is 3. The number of benzene rings is 2. The van der Waals surface area contributed by atoms with Crippen molar-refractivity contribution in [3.8, 4) is 22.7 Å². The standard InChI is InChI=1S/C30H26N4O4S2/c1-37-22-13-11-21(12-14-22)34-30-27(28(32-34)20-7-3-2-4-8-20)29(24-10-6-16-39-24)40-19-26(36)33(30)18-25(35)31-17-23-9-5-15-38-23/h2-16,29H,17-19H2,1H3,(H,31,35). The largest absolute Gasteiger partial charge is 0.497 e. The molecule has 1 aliphatic heterocycles. The SMILES string of the molecule is COc1ccc(-n2nc(-c3ccccc3)c3c2N(CC(=O)NCc2ccco2)C(=O)CSC3c2cccs2)cc1. The van der Waals surface area contributed by atoms with Crippen LogP contribution < -0.4 is 15.0 Å². The van der Waals surface area contributed by atoms with E-state index in [0.717, 1.165) is 27.4 Å². The molecule has 0 radical (unpaired) electrons. The predicted octanol–water partition coefficient (Wildman–Crippen LogP) is 5.69. The average Bonchev–Trinajstić information content (AvgIpc) is 3.77. The van der Waals surface area contributed by atoms with Crippen molar-refractivity contribution < 1.29 is 18.7 Å². The maximum absolute atomic E-state index is 13.7. The molecule has 6 rings (SSSR count). The van der Waals surface area contributed by atoms with E-state index in [2.05, 4.69) is 11.4 Å². The van der Waals surface area contributed by atoms with Crippen molar-refractivity contribution in [3.05, 3.63) is 107 Å². The number of aromatic nitrogens is 2. The van der Waals surface area contributed by atoms with Gasteiger partial charge >= 0.3 is 0 Å². The van der Waals surface area contributed by atoms with Crippen LogP contribution in [0, 0.1) is 0 Å². The molecule has 0 spiro atoms. The first-order chi connectivity index (χ1) is 19.6. The Morgan fingerprint density at radius 2 is 1.90 bits per heavy atom. The number of thiophene rings is 1. The van der Waals surface area contributed by atoms with Crippen LogP contribution in [0.2, 0.25) is 0 Å². The summed E-state index contributed by atoms with van der Waals surface area (Å²) in [5.41, 5.74) is 3.36. The Balaban J connectivity index is 1.51. The lowest BCUT2D eigenvalue weighted by Gasteiger charge is -2.23. The summed E-state index contributed by atoms with van der Waals surface area (Å²) in [6.07, 6.45) is 1.56. The second-order valence-corrected chi connectivity index (χ2v) is 11.2. The average molecular weight is 571 g/mol. The molecule has 40 heavy (non-hydrogen) atoms. The van der Waals surface area contributed by atoms with Crippen molar-refractivity contribution in [1.82, 2.24) is 15.1 Å². The Morgan fingerprint density at radius 1 is 1.07 bits per heavy atom. The molecule has 0 saturated heterocycles. The van der Waals surface area contributed by atoms with Gasteiger partial charge in [-0.25, -0.2) is 4.68 Å². The zero-order valence-corrected chi connectivity index (χ0v) is 23.3. The Labute approximate surface area is 239 Å². The summed E-state index contributed by atoms with van der Waals surface area (Å²) < 4.78 is 12.5. The van der Waals surface area contributed by atoms with Crippen molar-refractivity contribution in [1.29, 1.82) is 0 Å². The molecule has 3 aromatic heterocycles. The highest BCUT2D eigenvalue weighted by Gasteiger charge is 2.38. The third kappa shape index (κ3) is 5.15. The summed E-state index contributed by atoms with van der Waals surface area (Å²) >= 11 is 3.20. The van der Waals surface area contributed by atoms with Crippen molar-refractivity contribution in [3.63, 3.8) is 0 Å². The van der Waals surface area contributed by atoms with Gasteiger partial charge in [0, 0.05) is 16.0 Å². The van der Waals surface area contributed by atoms with Gasteiger partial charge in [0.25, 0.3) is 0 Å². The molecule has 202 valence electrons. The molecule has 4 heterocycles. The predicted molar refractivity (Wildman–Crippen MR) is 157 cm³/mol. The summed E-state index contributed by atoms with van der Waals surface area (Å²) in [5, 5.41) is 9.87. The van der Waals surface area contributed by atoms with Gasteiger partial charge in [-0.15, -0.1) is 23.1 Å². The normalized spacial score (nSPS) is 15.0. The maximum atomic E-state index is 13.7. The third-order valence-electron chi connectivity index (χ3n) is 6.60. The number of hydrogen-bond acceptors (Lipinski definition) is 7. The molecule has 8 nitrogen and oxygen atoms in total. The van der Waals surface area contributed by atoms with Gasteiger partial charge in [-0.2, -0.15) is 5.10 Å². The maximum Gasteiger partial charge on any atom is 0.240 e. The molecule has 1 unspecified atom stereocenters. The smallest absolute Gasteiger partial charge is 0.240 e. The summed E-state index contributed by atoms with van der Waals surface area (Å²) in [7, 11) is 1.62. The van der Waals surface area contributed by atoms with Gasteiger partial charge in [-0.1, -0.05) is 36.4 Å². The van der Waals surface area contributed by atoms with Crippen molar-refractivity contribution in [2.45, 2.75) is 11.8 Å². The number of anilines is 1. The lowest BCUT2D eigenvalue weighted by atomic mass is 10.0. The first-order valence-corrected chi connectivity index (χ1v) is 14.6. The molecular formula is C30H26N4O4S2. The number of nitrogens with one attached hydrogen (secondary N) is 1. The molecule has 0 bridgehead atoms. The molecule has 0 saturated carbocycles. The second-order valence-electron chi connectivity index (χ2n) is 9.10. The van der Waals surface area contributed by atoms with E-state index in [1.807, 2.05) is 66.0 Å². The molecule has 2 aromatic carbocycles. The number of rotatable bonds is 8. The van der Waals surface area contributed by atoms with Crippen LogP contribution in [-0.4, -0.2) is 41.0 Å². The first-order valence-electron chi connectivity index (χ1n) is 12.7. The summed E-state index contributed by atoms with van der Waals surface area (Å²) in [6, 6.07) is 25.1. The van der Waals surface area contributed by atoms with Crippen LogP contribution in [0.1, 0.15) is 21.5 Å². The quantitative estimate of drug-likeness (QED) is 0.258. The van der Waals surface area contributed by atoms with Crippen LogP contribution in [0.25, 0.3) is 16.9 Å². The minimum Gasteiger partial charge on any atom is -0.497 e. The number of amides is 2. The fraction of sp³-hybridized carbons (Fsp3) is 0.167. The van der Waals surface area contributed by atoms with Gasteiger partial charge in [0.05, 0.1) is 42.3 Å². The minimum absolute atomic E-state index is 0.141. The van der Waals surface area contributed by atoms with Crippen LogP contribution in [0.15, 0.2) is 94.9 Å². The van der Waals surface area contributed by atoms with Gasteiger partial charge < -0.3 is 14.5 Å². The fourth-order valence-electron chi connectivity index (χ4n) is 4.70. The van der Waals surface area contributed by atoms with E-state index in [4.69, 9.17) is 14.3 Å². The zero-order valence-electron chi connectivity index (χ0n) is 21.7. The van der Waals surface area contributed by atoms with E-state index in [9.17, 15) is 9.59 Å². The van der Waals surface area contributed by atoms with E-state index in [-0.39, 0.29) is 35.9 Å². The van der Waals surface area contributed by atoms with Crippen molar-refractivity contribution in [2.75, 3.05) is 24.3 Å². The first kappa shape index (κ1) is 26.0. The highest BCUT2D eigenvalue weighted by atomic mass is 32.2. The monoisotopic (exact) mass is 570 g/mol. The highest BCUT2D eigenvalue weighted by molar-refractivity contribution is 8.00. The van der Waals surface area contributed by atoms with E-state index < -0.39 is 0 Å². The Hall–Kier alpha value is -4.28. The molecule has 1 atom stereocenters. The third-order valence-corrected chi connectivity index (χ3v) is 8.92. The lowest BCUT2D eigenvalue weighted by Crippen LogP contribution is -2.42. The molecule has 0 aliphatic carbocycles. The van der Waals surface area contributed by atoms with Gasteiger partial charge in [-0.05, 0) is 47.8 Å². The number of methoxy groups -OCH3 is 1. The Kier molecular flexibility index (Phi) is 7.43. The summed E-state index contributed by atoms with van der Waals surface area (Å²) in [5.74, 6) is 1.71. The van der Waals surface area contributed by atoms with Crippen molar-refractivity contribution >= 4 is 40.7 Å². The molecule has 1 N–H and O–H groups in total. The van der Waals surface area contributed by atoms with Gasteiger partial charge in [0.1, 0.15) is 23.9 Å². The van der Waals surface area contributed by atoms with Crippen LogP contribution in [0.3, 0.4) is 0 Å². The molecule has 0 fully saturated rings. The zero-order chi connectivity index (χ0) is 27.5. The van der Waals surface area contributed by atoms with Crippen molar-refractivity contribution in [2.24, 2.45) is 0 Å². The number of carbonyl (C=O) groups excluding carboxylic acids is 2. The molecular weight excluding hydrogens is 544 g/mol. The van der Waals surface area contributed by atoms with Gasteiger partial charge in [-0.3, -0.25) is 14.5 Å². The number of furan rings is 1. The Morgan fingerprint density at radius 3 is 2.60 bits per heavy atom. The number of fused-ring (bicyclic) bond motifs is 1. The van der Waals surface area contributed by atoms with E-state index >= 15 is 0 Å². The van der Waals surface area contributed by atoms with Crippen LogP contribution in [0.5, 0.6) is 5.75 Å². The van der Waals surface area contributed by atoms with Crippen LogP contribution in [-0.2, 0) is 16.1 Å². The number of carbonyl (C=O) groups is 2. The van der Waals surface area contributed by atoms with Gasteiger partial charge in [0.2, 0.25) is 11.8 Å². The number of hydrogen-bond donors (Lipinski definition) is 1. The topological polar surface area (TPSA) is 89.6 Å². The molecule has 5 aromatic rings. The van der Waals surface area contributed by atoms with E-state index in [1.54, 1.807) is 58.2 Å². The summed E-state index contributed by atoms with van der Waals surface area (Å²) in [4.78, 5) is 29.6. The summed E-state index contributed by atoms with van der Waals surface area (Å²) in [6.45, 7) is 0.0840.